The van der Waals surface area contributed by atoms with Crippen LogP contribution in [0.5, 0.6) is 0 Å². The van der Waals surface area contributed by atoms with Crippen molar-refractivity contribution in [2.45, 2.75) is 12.8 Å². The van der Waals surface area contributed by atoms with Gasteiger partial charge in [0.2, 0.25) is 5.95 Å². The molecule has 48 heavy (non-hydrogen) atoms. The molecule has 0 saturated carbocycles. The first-order valence-electron chi connectivity index (χ1n) is 16.6. The minimum absolute atomic E-state index is 0.702. The molecule has 226 valence electrons. The third-order valence-corrected chi connectivity index (χ3v) is 9.80. The van der Waals surface area contributed by atoms with Crippen LogP contribution >= 0.6 is 0 Å². The number of para-hydroxylation sites is 3. The number of allylic oxidation sites excluding steroid dienone is 1. The molecule has 4 nitrogen and oxygen atoms in total. The minimum atomic E-state index is 0.702. The van der Waals surface area contributed by atoms with Gasteiger partial charge < -0.3 is 4.57 Å². The molecule has 0 unspecified atom stereocenters. The Morgan fingerprint density at radius 2 is 1.02 bits per heavy atom. The Hall–Kier alpha value is -6.26. The SMILES string of the molecule is C1=Cc2nc(-n3c4ccccc4c4cc(-c5ccc6c(c5)c5ccccc5n6-c5ccccc5)ccc43)nc(-c3ccccc3)c2CC1. The molecule has 1 aliphatic rings. The van der Waals surface area contributed by atoms with E-state index in [1.54, 1.807) is 0 Å². The van der Waals surface area contributed by atoms with E-state index in [4.69, 9.17) is 9.97 Å². The van der Waals surface area contributed by atoms with Crippen molar-refractivity contribution in [2.75, 3.05) is 0 Å². The zero-order chi connectivity index (χ0) is 31.6. The third-order valence-electron chi connectivity index (χ3n) is 9.80. The monoisotopic (exact) mass is 614 g/mol. The first-order valence-corrected chi connectivity index (χ1v) is 16.6. The smallest absolute Gasteiger partial charge is 0.235 e. The fraction of sp³-hybridized carbons (Fsp3) is 0.0455. The Bertz CT molecular complexity index is 2710. The average molecular weight is 615 g/mol. The van der Waals surface area contributed by atoms with E-state index in [1.165, 1.54) is 55.0 Å². The molecule has 3 aromatic heterocycles. The van der Waals surface area contributed by atoms with E-state index in [1.807, 2.05) is 0 Å². The zero-order valence-corrected chi connectivity index (χ0v) is 26.2. The van der Waals surface area contributed by atoms with Gasteiger partial charge in [-0.05, 0) is 78.6 Å². The number of nitrogens with zero attached hydrogens (tertiary/aromatic N) is 4. The zero-order valence-electron chi connectivity index (χ0n) is 26.2. The predicted octanol–water partition coefficient (Wildman–Crippen LogP) is 11.0. The Morgan fingerprint density at radius 3 is 1.71 bits per heavy atom. The molecular weight excluding hydrogens is 585 g/mol. The summed E-state index contributed by atoms with van der Waals surface area (Å²) in [6.45, 7) is 0. The van der Waals surface area contributed by atoms with Crippen molar-refractivity contribution in [3.05, 3.63) is 163 Å². The number of rotatable bonds is 4. The highest BCUT2D eigenvalue weighted by Crippen LogP contribution is 2.38. The van der Waals surface area contributed by atoms with E-state index in [-0.39, 0.29) is 0 Å². The molecule has 0 aliphatic heterocycles. The average Bonchev–Trinajstić information content (AvgIpc) is 3.67. The van der Waals surface area contributed by atoms with Crippen LogP contribution in [0, 0.1) is 0 Å². The highest BCUT2D eigenvalue weighted by molar-refractivity contribution is 6.12. The molecule has 10 rings (SSSR count). The van der Waals surface area contributed by atoms with Crippen LogP contribution in [0.2, 0.25) is 0 Å². The summed E-state index contributed by atoms with van der Waals surface area (Å²) in [6.07, 6.45) is 6.33. The van der Waals surface area contributed by atoms with Crippen molar-refractivity contribution >= 4 is 49.7 Å². The highest BCUT2D eigenvalue weighted by Gasteiger charge is 2.21. The standard InChI is InChI=1S/C44H30N4/c1-3-13-29(14-4-1)43-35-19-7-10-20-38(35)45-44(46-43)48-40-22-12-9-18-34(40)37-28-31(24-26-42(37)48)30-23-25-41-36(27-30)33-17-8-11-21-39(33)47(41)32-15-5-2-6-16-32/h1-6,8-18,20-28H,7,19H2. The van der Waals surface area contributed by atoms with E-state index in [9.17, 15) is 0 Å². The lowest BCUT2D eigenvalue weighted by Gasteiger charge is -2.17. The van der Waals surface area contributed by atoms with Crippen LogP contribution in [0.15, 0.2) is 152 Å². The molecule has 0 spiro atoms. The summed E-state index contributed by atoms with van der Waals surface area (Å²) >= 11 is 0. The van der Waals surface area contributed by atoms with Gasteiger partial charge in [0.05, 0.1) is 33.5 Å². The first kappa shape index (κ1) is 26.9. The van der Waals surface area contributed by atoms with Gasteiger partial charge in [0.25, 0.3) is 0 Å². The van der Waals surface area contributed by atoms with Gasteiger partial charge in [-0.15, -0.1) is 0 Å². The molecule has 0 saturated heterocycles. The van der Waals surface area contributed by atoms with Gasteiger partial charge in [0.15, 0.2) is 0 Å². The van der Waals surface area contributed by atoms with Crippen LogP contribution < -0.4 is 0 Å². The molecule has 6 aromatic carbocycles. The van der Waals surface area contributed by atoms with Crippen molar-refractivity contribution in [3.8, 4) is 34.0 Å². The Kier molecular flexibility index (Phi) is 5.97. The fourth-order valence-corrected chi connectivity index (χ4v) is 7.61. The number of aromatic nitrogens is 4. The number of fused-ring (bicyclic) bond motifs is 7. The van der Waals surface area contributed by atoms with Crippen LogP contribution in [0.3, 0.4) is 0 Å². The normalized spacial score (nSPS) is 12.8. The summed E-state index contributed by atoms with van der Waals surface area (Å²) in [7, 11) is 0. The Labute approximate surface area is 277 Å². The lowest BCUT2D eigenvalue weighted by molar-refractivity contribution is 0.909. The maximum absolute atomic E-state index is 5.29. The van der Waals surface area contributed by atoms with Crippen molar-refractivity contribution < 1.29 is 0 Å². The van der Waals surface area contributed by atoms with Gasteiger partial charge in [-0.2, -0.15) is 0 Å². The maximum atomic E-state index is 5.29. The molecule has 0 bridgehead atoms. The molecule has 4 heteroatoms. The van der Waals surface area contributed by atoms with Crippen LogP contribution in [-0.4, -0.2) is 19.1 Å². The lowest BCUT2D eigenvalue weighted by atomic mass is 9.96. The van der Waals surface area contributed by atoms with Crippen LogP contribution in [0.4, 0.5) is 0 Å². The maximum Gasteiger partial charge on any atom is 0.235 e. The second kappa shape index (κ2) is 10.6. The molecule has 1 aliphatic carbocycles. The highest BCUT2D eigenvalue weighted by atomic mass is 15.2. The molecule has 0 radical (unpaired) electrons. The second-order valence-electron chi connectivity index (χ2n) is 12.5. The number of hydrogen-bond acceptors (Lipinski definition) is 2. The van der Waals surface area contributed by atoms with E-state index in [2.05, 4.69) is 167 Å². The largest absolute Gasteiger partial charge is 0.309 e. The van der Waals surface area contributed by atoms with Crippen molar-refractivity contribution in [1.29, 1.82) is 0 Å². The van der Waals surface area contributed by atoms with Crippen molar-refractivity contribution in [3.63, 3.8) is 0 Å². The van der Waals surface area contributed by atoms with Crippen LogP contribution in [-0.2, 0) is 6.42 Å². The van der Waals surface area contributed by atoms with Gasteiger partial charge in [0.1, 0.15) is 0 Å². The Balaban J connectivity index is 1.17. The minimum Gasteiger partial charge on any atom is -0.309 e. The van der Waals surface area contributed by atoms with Gasteiger partial charge in [-0.25, -0.2) is 9.97 Å². The van der Waals surface area contributed by atoms with Crippen LogP contribution in [0.1, 0.15) is 17.7 Å². The van der Waals surface area contributed by atoms with Gasteiger partial charge in [-0.3, -0.25) is 4.57 Å². The van der Waals surface area contributed by atoms with Gasteiger partial charge >= 0.3 is 0 Å². The van der Waals surface area contributed by atoms with E-state index >= 15 is 0 Å². The third kappa shape index (κ3) is 4.09. The Morgan fingerprint density at radius 1 is 0.458 bits per heavy atom. The number of hydrogen-bond donors (Lipinski definition) is 0. The lowest BCUT2D eigenvalue weighted by Crippen LogP contribution is -2.09. The molecule has 3 heterocycles. The first-order chi connectivity index (χ1) is 23.8. The quantitative estimate of drug-likeness (QED) is 0.198. The van der Waals surface area contributed by atoms with E-state index in [0.717, 1.165) is 40.8 Å². The predicted molar refractivity (Wildman–Crippen MR) is 199 cm³/mol. The number of benzene rings is 6. The topological polar surface area (TPSA) is 35.6 Å². The van der Waals surface area contributed by atoms with Gasteiger partial charge in [0, 0.05) is 38.4 Å². The van der Waals surface area contributed by atoms with E-state index in [0.29, 0.717) is 5.95 Å². The summed E-state index contributed by atoms with van der Waals surface area (Å²) < 4.78 is 4.60. The second-order valence-corrected chi connectivity index (χ2v) is 12.5. The summed E-state index contributed by atoms with van der Waals surface area (Å²) in [5, 5.41) is 4.88. The molecule has 0 amide bonds. The summed E-state index contributed by atoms with van der Waals surface area (Å²) in [6, 6.07) is 52.2. The molecule has 9 aromatic rings. The van der Waals surface area contributed by atoms with Crippen molar-refractivity contribution in [1.82, 2.24) is 19.1 Å². The molecule has 0 fully saturated rings. The fourth-order valence-electron chi connectivity index (χ4n) is 7.61. The van der Waals surface area contributed by atoms with E-state index < -0.39 is 0 Å². The summed E-state index contributed by atoms with van der Waals surface area (Å²) in [5.41, 5.74) is 12.5. The molecular formula is C44H30N4. The summed E-state index contributed by atoms with van der Waals surface area (Å²) in [4.78, 5) is 10.5. The van der Waals surface area contributed by atoms with Crippen molar-refractivity contribution in [2.24, 2.45) is 0 Å². The van der Waals surface area contributed by atoms with Gasteiger partial charge in [-0.1, -0.05) is 103 Å². The summed E-state index contributed by atoms with van der Waals surface area (Å²) in [5.74, 6) is 0.702. The molecule has 0 atom stereocenters. The van der Waals surface area contributed by atoms with Crippen LogP contribution in [0.25, 0.3) is 83.7 Å². The molecule has 0 N–H and O–H groups in total.